The molecule has 0 bridgehead atoms. The van der Waals surface area contributed by atoms with E-state index in [0.29, 0.717) is 30.4 Å². The summed E-state index contributed by atoms with van der Waals surface area (Å²) in [6.07, 6.45) is 19.8. The number of carbonyl (C=O) groups is 1. The van der Waals surface area contributed by atoms with Gasteiger partial charge in [0.05, 0.1) is 13.7 Å². The average Bonchev–Trinajstić information content (AvgIpc) is 2.95. The lowest BCUT2D eigenvalue weighted by atomic mass is 10.1. The Balaban J connectivity index is 0.00000800. The number of hydrogen-bond acceptors (Lipinski definition) is 4. The maximum Gasteiger partial charge on any atom is 0.257 e. The molecule has 0 unspecified atom stereocenters. The Morgan fingerprint density at radius 1 is 0.800 bits per heavy atom. The number of ether oxygens (including phenoxy) is 3. The standard InChI is InChI=1S/C33H52N2O4.HI/c1-4-6-7-8-9-10-11-12-13-14-15-18-26-38-31-21-20-30(27-32(31)37-3)39-28-33(36)34-23-22-29-19-16-17-25-35(29)24-5-2;/h16-17,19-21,25,27H,4-15,18,22-24,26,28H2,1-3H3;1H. The molecule has 2 rings (SSSR count). The largest absolute Gasteiger partial charge is 1.00 e. The van der Waals surface area contributed by atoms with Crippen molar-refractivity contribution >= 4 is 5.91 Å². The van der Waals surface area contributed by atoms with Crippen LogP contribution in [0.15, 0.2) is 42.6 Å². The Morgan fingerprint density at radius 2 is 1.48 bits per heavy atom. The average molecular weight is 669 g/mol. The van der Waals surface area contributed by atoms with Crippen molar-refractivity contribution in [3.63, 3.8) is 0 Å². The van der Waals surface area contributed by atoms with Crippen molar-refractivity contribution in [3.05, 3.63) is 48.3 Å². The molecule has 1 N–H and O–H groups in total. The zero-order chi connectivity index (χ0) is 28.0. The third kappa shape index (κ3) is 15.7. The summed E-state index contributed by atoms with van der Waals surface area (Å²) in [6.45, 7) is 6.63. The third-order valence-corrected chi connectivity index (χ3v) is 6.96. The van der Waals surface area contributed by atoms with Crippen molar-refractivity contribution in [2.45, 2.75) is 110 Å². The Labute approximate surface area is 260 Å². The highest BCUT2D eigenvalue weighted by molar-refractivity contribution is 5.77. The lowest BCUT2D eigenvalue weighted by Crippen LogP contribution is -3.00. The van der Waals surface area contributed by atoms with Crippen molar-refractivity contribution < 1.29 is 47.5 Å². The summed E-state index contributed by atoms with van der Waals surface area (Å²) in [5, 5.41) is 2.95. The number of methoxy groups -OCH3 is 1. The predicted molar refractivity (Wildman–Crippen MR) is 159 cm³/mol. The van der Waals surface area contributed by atoms with Crippen LogP contribution in [0.25, 0.3) is 0 Å². The fourth-order valence-corrected chi connectivity index (χ4v) is 4.71. The number of pyridine rings is 1. The zero-order valence-corrected chi connectivity index (χ0v) is 27.4. The highest BCUT2D eigenvalue weighted by Crippen LogP contribution is 2.31. The van der Waals surface area contributed by atoms with Gasteiger partial charge in [0.1, 0.15) is 12.3 Å². The van der Waals surface area contributed by atoms with Gasteiger partial charge in [-0.3, -0.25) is 4.79 Å². The lowest BCUT2D eigenvalue weighted by Gasteiger charge is -2.13. The van der Waals surface area contributed by atoms with Crippen molar-refractivity contribution in [3.8, 4) is 17.2 Å². The van der Waals surface area contributed by atoms with Gasteiger partial charge in [0.25, 0.3) is 5.91 Å². The number of carbonyl (C=O) groups excluding carboxylic acids is 1. The molecule has 1 aromatic heterocycles. The number of nitrogens with zero attached hydrogens (tertiary/aromatic N) is 1. The highest BCUT2D eigenvalue weighted by Gasteiger charge is 2.11. The second-order valence-corrected chi connectivity index (χ2v) is 10.3. The minimum absolute atomic E-state index is 0. The van der Waals surface area contributed by atoms with Gasteiger partial charge in [0, 0.05) is 37.6 Å². The molecule has 1 aromatic carbocycles. The van der Waals surface area contributed by atoms with E-state index in [1.165, 1.54) is 76.3 Å². The van der Waals surface area contributed by atoms with E-state index in [-0.39, 0.29) is 36.5 Å². The Bertz CT molecular complexity index is 925. The van der Waals surface area contributed by atoms with Crippen LogP contribution in [0.4, 0.5) is 0 Å². The van der Waals surface area contributed by atoms with Crippen molar-refractivity contribution in [2.24, 2.45) is 0 Å². The Morgan fingerprint density at radius 3 is 2.12 bits per heavy atom. The van der Waals surface area contributed by atoms with E-state index in [2.05, 4.69) is 36.0 Å². The van der Waals surface area contributed by atoms with Gasteiger partial charge < -0.3 is 43.5 Å². The van der Waals surface area contributed by atoms with Crippen LogP contribution >= 0.6 is 0 Å². The molecule has 226 valence electrons. The van der Waals surface area contributed by atoms with Crippen LogP contribution in [0.5, 0.6) is 17.2 Å². The molecule has 0 atom stereocenters. The molecule has 0 saturated carbocycles. The molecule has 0 fully saturated rings. The predicted octanol–water partition coefficient (Wildman–Crippen LogP) is 4.21. The van der Waals surface area contributed by atoms with Crippen LogP contribution in [-0.4, -0.2) is 32.8 Å². The maximum absolute atomic E-state index is 12.3. The topological polar surface area (TPSA) is 60.7 Å². The second kappa shape index (κ2) is 23.7. The SMILES string of the molecule is CCCCCCCCCCCCCCOc1ccc(OCC(=O)NCCc2cccc[n+]2CCC)cc1OC.[I-]. The number of aromatic nitrogens is 1. The summed E-state index contributed by atoms with van der Waals surface area (Å²) in [5.41, 5.74) is 1.21. The Hall–Kier alpha value is -2.03. The van der Waals surface area contributed by atoms with Gasteiger partial charge >= 0.3 is 0 Å². The molecule has 0 radical (unpaired) electrons. The van der Waals surface area contributed by atoms with E-state index in [1.807, 2.05) is 24.3 Å². The van der Waals surface area contributed by atoms with Gasteiger partial charge in [0.15, 0.2) is 30.0 Å². The molecule has 6 nitrogen and oxygen atoms in total. The summed E-state index contributed by atoms with van der Waals surface area (Å²) in [7, 11) is 1.62. The van der Waals surface area contributed by atoms with E-state index in [0.717, 1.165) is 25.8 Å². The van der Waals surface area contributed by atoms with E-state index in [4.69, 9.17) is 14.2 Å². The van der Waals surface area contributed by atoms with Gasteiger partial charge in [-0.2, -0.15) is 0 Å². The number of amides is 1. The molecule has 0 saturated heterocycles. The fraction of sp³-hybridized carbons (Fsp3) is 0.636. The van der Waals surface area contributed by atoms with Crippen molar-refractivity contribution in [1.82, 2.24) is 5.32 Å². The molecular formula is C33H53IN2O4. The van der Waals surface area contributed by atoms with Gasteiger partial charge in [-0.05, 0) is 18.6 Å². The minimum atomic E-state index is -0.140. The molecule has 1 amide bonds. The number of nitrogens with one attached hydrogen (secondary N) is 1. The highest BCUT2D eigenvalue weighted by atomic mass is 127. The van der Waals surface area contributed by atoms with Crippen LogP contribution in [0.2, 0.25) is 0 Å². The van der Waals surface area contributed by atoms with Crippen LogP contribution in [0.3, 0.4) is 0 Å². The molecule has 7 heteroatoms. The first-order chi connectivity index (χ1) is 19.2. The number of halogens is 1. The normalized spacial score (nSPS) is 10.6. The van der Waals surface area contributed by atoms with Crippen molar-refractivity contribution in [1.29, 1.82) is 0 Å². The van der Waals surface area contributed by atoms with E-state index >= 15 is 0 Å². The van der Waals surface area contributed by atoms with Gasteiger partial charge in [-0.1, -0.05) is 90.5 Å². The third-order valence-electron chi connectivity index (χ3n) is 6.96. The Kier molecular flexibility index (Phi) is 21.3. The minimum Gasteiger partial charge on any atom is -1.00 e. The molecule has 40 heavy (non-hydrogen) atoms. The summed E-state index contributed by atoms with van der Waals surface area (Å²) in [5.74, 6) is 1.78. The molecule has 0 aliphatic heterocycles. The quantitative estimate of drug-likeness (QED) is 0.110. The summed E-state index contributed by atoms with van der Waals surface area (Å²) in [6, 6.07) is 11.6. The number of rotatable bonds is 23. The molecule has 0 aliphatic carbocycles. The first-order valence-electron chi connectivity index (χ1n) is 15.4. The second-order valence-electron chi connectivity index (χ2n) is 10.3. The molecular weight excluding hydrogens is 615 g/mol. The maximum atomic E-state index is 12.3. The monoisotopic (exact) mass is 668 g/mol. The van der Waals surface area contributed by atoms with Gasteiger partial charge in [-0.25, -0.2) is 4.57 Å². The molecule has 0 spiro atoms. The number of hydrogen-bond donors (Lipinski definition) is 1. The van der Waals surface area contributed by atoms with Gasteiger partial charge in [0.2, 0.25) is 0 Å². The zero-order valence-electron chi connectivity index (χ0n) is 25.2. The smallest absolute Gasteiger partial charge is 0.257 e. The van der Waals surface area contributed by atoms with Crippen LogP contribution in [-0.2, 0) is 17.8 Å². The van der Waals surface area contributed by atoms with Gasteiger partial charge in [-0.15, -0.1) is 0 Å². The van der Waals surface area contributed by atoms with Crippen LogP contribution in [0, 0.1) is 0 Å². The first-order valence-corrected chi connectivity index (χ1v) is 15.4. The molecule has 2 aromatic rings. The van der Waals surface area contributed by atoms with Crippen LogP contribution in [0.1, 0.15) is 103 Å². The lowest BCUT2D eigenvalue weighted by molar-refractivity contribution is -0.704. The van der Waals surface area contributed by atoms with E-state index < -0.39 is 0 Å². The molecule has 0 aliphatic rings. The summed E-state index contributed by atoms with van der Waals surface area (Å²) < 4.78 is 19.4. The number of aryl methyl sites for hydroxylation is 1. The first kappa shape index (κ1) is 36.0. The van der Waals surface area contributed by atoms with Crippen LogP contribution < -0.4 is 48.1 Å². The summed E-state index contributed by atoms with van der Waals surface area (Å²) in [4.78, 5) is 12.3. The van der Waals surface area contributed by atoms with Crippen molar-refractivity contribution in [2.75, 3.05) is 26.9 Å². The molecule has 1 heterocycles. The fourth-order valence-electron chi connectivity index (χ4n) is 4.71. The number of unbranched alkanes of at least 4 members (excludes halogenated alkanes) is 11. The number of benzene rings is 1. The van der Waals surface area contributed by atoms with E-state index in [9.17, 15) is 4.79 Å². The van der Waals surface area contributed by atoms with E-state index in [1.54, 1.807) is 13.2 Å². The summed E-state index contributed by atoms with van der Waals surface area (Å²) >= 11 is 0.